The van der Waals surface area contributed by atoms with Gasteiger partial charge in [-0.1, -0.05) is 11.6 Å². The van der Waals surface area contributed by atoms with Crippen LogP contribution in [0.3, 0.4) is 0 Å². The third-order valence-electron chi connectivity index (χ3n) is 5.39. The van der Waals surface area contributed by atoms with Gasteiger partial charge in [0, 0.05) is 23.7 Å². The Morgan fingerprint density at radius 2 is 2.00 bits per heavy atom. The minimum atomic E-state index is -0.585. The van der Waals surface area contributed by atoms with Crippen molar-refractivity contribution in [3.8, 4) is 6.07 Å². The number of pyridine rings is 1. The highest BCUT2D eigenvalue weighted by Gasteiger charge is 2.51. The number of carbonyl (C=O) groups excluding carboxylic acids is 1. The number of anilines is 1. The predicted molar refractivity (Wildman–Crippen MR) is 104 cm³/mol. The summed E-state index contributed by atoms with van der Waals surface area (Å²) >= 11 is 10.1. The molecule has 0 aromatic carbocycles. The fraction of sp³-hybridized carbons (Fsp3) is 0.632. The zero-order valence-electron chi connectivity index (χ0n) is 15.5. The molecule has 0 N–H and O–H groups in total. The highest BCUT2D eigenvalue weighted by Crippen LogP contribution is 2.55. The lowest BCUT2D eigenvalue weighted by Gasteiger charge is -2.40. The van der Waals surface area contributed by atoms with Gasteiger partial charge >= 0.3 is 6.09 Å². The quantitative estimate of drug-likeness (QED) is 0.527. The Bertz CT molecular complexity index is 789. The molecule has 1 amide bonds. The van der Waals surface area contributed by atoms with Gasteiger partial charge in [0.05, 0.1) is 21.0 Å². The molecule has 3 rings (SSSR count). The first-order chi connectivity index (χ1) is 12.0. The van der Waals surface area contributed by atoms with Crippen molar-refractivity contribution in [2.24, 2.45) is 5.41 Å². The summed E-state index contributed by atoms with van der Waals surface area (Å²) in [6.07, 6.45) is 4.35. The Labute approximate surface area is 167 Å². The summed E-state index contributed by atoms with van der Waals surface area (Å²) in [5.74, 6) is 0.577. The summed E-state index contributed by atoms with van der Waals surface area (Å²) in [6, 6.07) is 2.44. The van der Waals surface area contributed by atoms with Gasteiger partial charge in [-0.05, 0) is 69.3 Å². The molecule has 1 fully saturated rings. The fourth-order valence-corrected chi connectivity index (χ4v) is 4.49. The zero-order chi connectivity index (χ0) is 19.3. The molecule has 1 spiro atoms. The molecule has 0 radical (unpaired) electrons. The van der Waals surface area contributed by atoms with Crippen LogP contribution in [0, 0.1) is 16.7 Å². The molecule has 0 atom stereocenters. The van der Waals surface area contributed by atoms with Crippen LogP contribution in [0.5, 0.6) is 0 Å². The van der Waals surface area contributed by atoms with Crippen molar-refractivity contribution in [3.05, 3.63) is 21.3 Å². The van der Waals surface area contributed by atoms with Crippen LogP contribution in [0.25, 0.3) is 0 Å². The number of hydrogen-bond acceptors (Lipinski definition) is 4. The number of halogens is 2. The van der Waals surface area contributed by atoms with Gasteiger partial charge in [-0.25, -0.2) is 9.78 Å². The molecule has 0 saturated heterocycles. The van der Waals surface area contributed by atoms with Crippen molar-refractivity contribution in [2.45, 2.75) is 64.4 Å². The maximum atomic E-state index is 12.8. The molecule has 1 aromatic rings. The van der Waals surface area contributed by atoms with E-state index in [2.05, 4.69) is 27.0 Å². The lowest BCUT2D eigenvalue weighted by molar-refractivity contribution is 0.0571. The highest BCUT2D eigenvalue weighted by molar-refractivity contribution is 9.10. The van der Waals surface area contributed by atoms with E-state index in [4.69, 9.17) is 16.3 Å². The lowest BCUT2D eigenvalue weighted by Crippen LogP contribution is -2.43. The van der Waals surface area contributed by atoms with Crippen LogP contribution in [-0.2, 0) is 10.2 Å². The largest absolute Gasteiger partial charge is 0.443 e. The van der Waals surface area contributed by atoms with E-state index in [-0.39, 0.29) is 10.8 Å². The second-order valence-corrected chi connectivity index (χ2v) is 9.87. The normalized spacial score (nSPS) is 28.0. The summed E-state index contributed by atoms with van der Waals surface area (Å²) in [7, 11) is 0. The maximum Gasteiger partial charge on any atom is 0.416 e. The van der Waals surface area contributed by atoms with Crippen molar-refractivity contribution >= 4 is 39.4 Å². The maximum absolute atomic E-state index is 12.8. The molecule has 1 aliphatic heterocycles. The lowest BCUT2D eigenvalue weighted by atomic mass is 9.63. The van der Waals surface area contributed by atoms with Crippen molar-refractivity contribution in [2.75, 3.05) is 11.4 Å². The molecular weight excluding hydrogens is 418 g/mol. The van der Waals surface area contributed by atoms with Crippen molar-refractivity contribution < 1.29 is 9.53 Å². The van der Waals surface area contributed by atoms with Gasteiger partial charge in [-0.2, -0.15) is 5.26 Å². The van der Waals surface area contributed by atoms with Crippen LogP contribution in [0.1, 0.15) is 58.9 Å². The van der Waals surface area contributed by atoms with E-state index < -0.39 is 11.7 Å². The van der Waals surface area contributed by atoms with Gasteiger partial charge in [-0.15, -0.1) is 0 Å². The Morgan fingerprint density at radius 1 is 1.38 bits per heavy atom. The molecule has 7 heteroatoms. The van der Waals surface area contributed by atoms with E-state index in [0.717, 1.165) is 35.7 Å². The summed E-state index contributed by atoms with van der Waals surface area (Å²) in [5.41, 5.74) is -0.287. The van der Waals surface area contributed by atoms with Crippen LogP contribution in [0.15, 0.2) is 10.7 Å². The molecule has 2 heterocycles. The molecule has 2 aliphatic rings. The molecule has 0 bridgehead atoms. The molecule has 1 saturated carbocycles. The van der Waals surface area contributed by atoms with Gasteiger partial charge in [0.1, 0.15) is 11.4 Å². The Kier molecular flexibility index (Phi) is 4.77. The Hall–Kier alpha value is -1.32. The average Bonchev–Trinajstić information content (AvgIpc) is 2.88. The predicted octanol–water partition coefficient (Wildman–Crippen LogP) is 5.59. The molecular formula is C19H23BrClN3O2. The highest BCUT2D eigenvalue weighted by atomic mass is 79.9. The van der Waals surface area contributed by atoms with Crippen molar-refractivity contribution in [3.63, 3.8) is 0 Å². The minimum absolute atomic E-state index is 0.281. The standard InChI is InChI=1S/C19H23BrClN3O2/c1-17(2,3)26-16(25)24-11-19(7-5-18(4,10-22)6-8-19)13-14(21)12(20)9-23-15(13)24/h9H,5-8,11H2,1-4H3/t18-,19-. The molecule has 140 valence electrons. The van der Waals surface area contributed by atoms with Gasteiger partial charge in [0.15, 0.2) is 0 Å². The van der Waals surface area contributed by atoms with E-state index in [1.807, 2.05) is 27.7 Å². The van der Waals surface area contributed by atoms with Crippen molar-refractivity contribution in [1.29, 1.82) is 5.26 Å². The van der Waals surface area contributed by atoms with Crippen molar-refractivity contribution in [1.82, 2.24) is 4.98 Å². The minimum Gasteiger partial charge on any atom is -0.443 e. The van der Waals surface area contributed by atoms with E-state index in [1.165, 1.54) is 0 Å². The number of amides is 1. The number of fused-ring (bicyclic) bond motifs is 2. The monoisotopic (exact) mass is 439 g/mol. The zero-order valence-corrected chi connectivity index (χ0v) is 17.9. The molecule has 0 unspecified atom stereocenters. The fourth-order valence-electron chi connectivity index (χ4n) is 3.86. The second kappa shape index (κ2) is 6.38. The van der Waals surface area contributed by atoms with E-state index in [0.29, 0.717) is 17.4 Å². The summed E-state index contributed by atoms with van der Waals surface area (Å²) in [5, 5.41) is 10.1. The van der Waals surface area contributed by atoms with E-state index in [1.54, 1.807) is 11.1 Å². The number of nitriles is 1. The first-order valence-electron chi connectivity index (χ1n) is 8.77. The first-order valence-corrected chi connectivity index (χ1v) is 9.94. The summed E-state index contributed by atoms with van der Waals surface area (Å²) < 4.78 is 6.30. The Morgan fingerprint density at radius 3 is 2.54 bits per heavy atom. The number of rotatable bonds is 0. The van der Waals surface area contributed by atoms with Crippen LogP contribution in [0.4, 0.5) is 10.6 Å². The summed E-state index contributed by atoms with van der Waals surface area (Å²) in [4.78, 5) is 18.9. The smallest absolute Gasteiger partial charge is 0.416 e. The van der Waals surface area contributed by atoms with Crippen LogP contribution >= 0.6 is 27.5 Å². The second-order valence-electron chi connectivity index (χ2n) is 8.64. The van der Waals surface area contributed by atoms with Gasteiger partial charge in [0.25, 0.3) is 0 Å². The number of ether oxygens (including phenoxy) is 1. The average molecular weight is 441 g/mol. The van der Waals surface area contributed by atoms with Gasteiger partial charge in [-0.3, -0.25) is 4.90 Å². The number of carbonyl (C=O) groups is 1. The molecule has 26 heavy (non-hydrogen) atoms. The number of aromatic nitrogens is 1. The first kappa shape index (κ1) is 19.4. The molecule has 1 aliphatic carbocycles. The van der Waals surface area contributed by atoms with Crippen LogP contribution in [0.2, 0.25) is 5.02 Å². The third kappa shape index (κ3) is 3.32. The SMILES string of the molecule is CC(C)(C)OC(=O)N1C[C@]2(CC[C@@](C)(C#N)CC2)c2c1ncc(Br)c2Cl. The van der Waals surface area contributed by atoms with Gasteiger partial charge < -0.3 is 4.74 Å². The van der Waals surface area contributed by atoms with Crippen LogP contribution < -0.4 is 4.90 Å². The van der Waals surface area contributed by atoms with Gasteiger partial charge in [0.2, 0.25) is 0 Å². The van der Waals surface area contributed by atoms with E-state index in [9.17, 15) is 10.1 Å². The molecule has 1 aromatic heterocycles. The van der Waals surface area contributed by atoms with E-state index >= 15 is 0 Å². The summed E-state index contributed by atoms with van der Waals surface area (Å²) in [6.45, 7) is 8.03. The third-order valence-corrected chi connectivity index (χ3v) is 6.62. The number of hydrogen-bond donors (Lipinski definition) is 0. The Balaban J connectivity index is 2.02. The molecule has 5 nitrogen and oxygen atoms in total. The number of nitrogens with zero attached hydrogens (tertiary/aromatic N) is 3. The van der Waals surface area contributed by atoms with Crippen LogP contribution in [-0.4, -0.2) is 23.2 Å². The topological polar surface area (TPSA) is 66.2 Å².